The van der Waals surface area contributed by atoms with Gasteiger partial charge in [-0.15, -0.1) is 0 Å². The Labute approximate surface area is 122 Å². The standard InChI is InChI=1S/C15H18O6/c1-7-13-15(21-13)12(18)14(20-7)9-5-8(6-11(16)17)3-4-10(9)19-2/h3-5,7,12-15,18H,6H2,1-2H3,(H,16,17). The van der Waals surface area contributed by atoms with Crippen LogP contribution in [0.15, 0.2) is 18.2 Å². The highest BCUT2D eigenvalue weighted by Crippen LogP contribution is 2.45. The van der Waals surface area contributed by atoms with Gasteiger partial charge in [-0.2, -0.15) is 0 Å². The third kappa shape index (κ3) is 2.62. The third-order valence-electron chi connectivity index (χ3n) is 3.99. The predicted molar refractivity (Wildman–Crippen MR) is 72.3 cm³/mol. The van der Waals surface area contributed by atoms with Crippen molar-refractivity contribution >= 4 is 5.97 Å². The molecule has 0 bridgehead atoms. The number of carboxylic acid groups (broad SMARTS) is 1. The molecule has 2 fully saturated rings. The molecule has 114 valence electrons. The summed E-state index contributed by atoms with van der Waals surface area (Å²) >= 11 is 0. The molecule has 1 aromatic rings. The molecule has 0 aromatic heterocycles. The van der Waals surface area contributed by atoms with Crippen LogP contribution < -0.4 is 4.74 Å². The van der Waals surface area contributed by atoms with Crippen LogP contribution in [0.5, 0.6) is 5.75 Å². The summed E-state index contributed by atoms with van der Waals surface area (Å²) in [5.41, 5.74) is 1.30. The molecular formula is C15H18O6. The van der Waals surface area contributed by atoms with Crippen LogP contribution in [-0.2, 0) is 20.7 Å². The number of methoxy groups -OCH3 is 1. The van der Waals surface area contributed by atoms with Gasteiger partial charge in [0.15, 0.2) is 0 Å². The molecule has 2 aliphatic rings. The molecule has 2 aliphatic heterocycles. The molecule has 2 N–H and O–H groups in total. The summed E-state index contributed by atoms with van der Waals surface area (Å²) in [7, 11) is 1.53. The van der Waals surface area contributed by atoms with E-state index in [9.17, 15) is 9.90 Å². The van der Waals surface area contributed by atoms with Crippen molar-refractivity contribution in [2.75, 3.05) is 7.11 Å². The van der Waals surface area contributed by atoms with E-state index >= 15 is 0 Å². The van der Waals surface area contributed by atoms with Crippen LogP contribution in [0.3, 0.4) is 0 Å². The number of ether oxygens (including phenoxy) is 3. The lowest BCUT2D eigenvalue weighted by molar-refractivity contribution is -0.136. The fourth-order valence-corrected chi connectivity index (χ4v) is 2.90. The Bertz CT molecular complexity index is 557. The van der Waals surface area contributed by atoms with Crippen molar-refractivity contribution in [3.63, 3.8) is 0 Å². The molecule has 0 spiro atoms. The van der Waals surface area contributed by atoms with Gasteiger partial charge in [-0.25, -0.2) is 0 Å². The molecule has 3 rings (SSSR count). The Hall–Kier alpha value is -1.63. The summed E-state index contributed by atoms with van der Waals surface area (Å²) in [5, 5.41) is 19.2. The van der Waals surface area contributed by atoms with Crippen molar-refractivity contribution in [2.45, 2.75) is 43.9 Å². The van der Waals surface area contributed by atoms with Crippen LogP contribution in [0.25, 0.3) is 0 Å². The largest absolute Gasteiger partial charge is 0.496 e. The molecule has 5 unspecified atom stereocenters. The maximum Gasteiger partial charge on any atom is 0.307 e. The second kappa shape index (κ2) is 5.29. The van der Waals surface area contributed by atoms with Crippen molar-refractivity contribution in [2.24, 2.45) is 0 Å². The number of epoxide rings is 1. The second-order valence-corrected chi connectivity index (χ2v) is 5.46. The first kappa shape index (κ1) is 14.3. The number of hydrogen-bond acceptors (Lipinski definition) is 5. The van der Waals surface area contributed by atoms with E-state index in [2.05, 4.69) is 0 Å². The van der Waals surface area contributed by atoms with E-state index < -0.39 is 18.2 Å². The van der Waals surface area contributed by atoms with E-state index in [4.69, 9.17) is 19.3 Å². The number of carboxylic acids is 1. The zero-order valence-corrected chi connectivity index (χ0v) is 11.9. The summed E-state index contributed by atoms with van der Waals surface area (Å²) in [6.45, 7) is 1.90. The number of aliphatic hydroxyl groups excluding tert-OH is 1. The maximum absolute atomic E-state index is 10.9. The van der Waals surface area contributed by atoms with Gasteiger partial charge in [0.1, 0.15) is 30.2 Å². The van der Waals surface area contributed by atoms with E-state index in [0.717, 1.165) is 0 Å². The van der Waals surface area contributed by atoms with Crippen molar-refractivity contribution in [1.82, 2.24) is 0 Å². The molecule has 2 heterocycles. The van der Waals surface area contributed by atoms with E-state index in [1.54, 1.807) is 18.2 Å². The van der Waals surface area contributed by atoms with Crippen LogP contribution in [0.1, 0.15) is 24.2 Å². The molecule has 0 saturated carbocycles. The SMILES string of the molecule is COc1ccc(CC(=O)O)cc1C1OC(C)C2OC2C1O. The Morgan fingerprint density at radius 3 is 2.76 bits per heavy atom. The van der Waals surface area contributed by atoms with E-state index in [1.165, 1.54) is 7.11 Å². The molecule has 5 atom stereocenters. The smallest absolute Gasteiger partial charge is 0.307 e. The van der Waals surface area contributed by atoms with Gasteiger partial charge in [0.05, 0.1) is 19.6 Å². The molecule has 0 amide bonds. The van der Waals surface area contributed by atoms with Gasteiger partial charge >= 0.3 is 5.97 Å². The first-order valence-corrected chi connectivity index (χ1v) is 6.89. The minimum atomic E-state index is -0.907. The van der Waals surface area contributed by atoms with Crippen molar-refractivity contribution < 1.29 is 29.2 Å². The van der Waals surface area contributed by atoms with Crippen LogP contribution in [0, 0.1) is 0 Å². The number of carbonyl (C=O) groups is 1. The van der Waals surface area contributed by atoms with Crippen LogP contribution in [0.4, 0.5) is 0 Å². The molecule has 21 heavy (non-hydrogen) atoms. The Morgan fingerprint density at radius 2 is 2.10 bits per heavy atom. The third-order valence-corrected chi connectivity index (χ3v) is 3.99. The lowest BCUT2D eigenvalue weighted by atomic mass is 9.93. The summed E-state index contributed by atoms with van der Waals surface area (Å²) in [4.78, 5) is 10.9. The zero-order valence-electron chi connectivity index (χ0n) is 11.9. The van der Waals surface area contributed by atoms with Crippen LogP contribution in [0.2, 0.25) is 0 Å². The summed E-state index contributed by atoms with van der Waals surface area (Å²) < 4.78 is 16.6. The lowest BCUT2D eigenvalue weighted by Gasteiger charge is -2.30. The molecular weight excluding hydrogens is 276 g/mol. The van der Waals surface area contributed by atoms with Crippen molar-refractivity contribution in [3.05, 3.63) is 29.3 Å². The van der Waals surface area contributed by atoms with Gasteiger partial charge in [0, 0.05) is 5.56 Å². The van der Waals surface area contributed by atoms with Crippen molar-refractivity contribution in [3.8, 4) is 5.75 Å². The molecule has 1 aromatic carbocycles. The quantitative estimate of drug-likeness (QED) is 0.802. The minimum absolute atomic E-state index is 0.0514. The first-order valence-electron chi connectivity index (χ1n) is 6.89. The Kier molecular flexibility index (Phi) is 3.61. The van der Waals surface area contributed by atoms with Gasteiger partial charge in [-0.3, -0.25) is 4.79 Å². The second-order valence-electron chi connectivity index (χ2n) is 5.46. The van der Waals surface area contributed by atoms with E-state index in [0.29, 0.717) is 16.9 Å². The Balaban J connectivity index is 1.93. The highest BCUT2D eigenvalue weighted by molar-refractivity contribution is 5.70. The number of benzene rings is 1. The first-order chi connectivity index (χ1) is 10.0. The Morgan fingerprint density at radius 1 is 1.33 bits per heavy atom. The van der Waals surface area contributed by atoms with Gasteiger partial charge in [-0.1, -0.05) is 6.07 Å². The van der Waals surface area contributed by atoms with Crippen LogP contribution >= 0.6 is 0 Å². The fourth-order valence-electron chi connectivity index (χ4n) is 2.90. The fraction of sp³-hybridized carbons (Fsp3) is 0.533. The number of aliphatic hydroxyl groups is 1. The number of rotatable bonds is 4. The highest BCUT2D eigenvalue weighted by atomic mass is 16.7. The number of hydrogen-bond donors (Lipinski definition) is 2. The molecule has 6 nitrogen and oxygen atoms in total. The summed E-state index contributed by atoms with van der Waals surface area (Å²) in [5.74, 6) is -0.338. The van der Waals surface area contributed by atoms with E-state index in [-0.39, 0.29) is 24.7 Å². The zero-order chi connectivity index (χ0) is 15.1. The number of aliphatic carboxylic acids is 1. The highest BCUT2D eigenvalue weighted by Gasteiger charge is 2.56. The summed E-state index contributed by atoms with van der Waals surface area (Å²) in [6, 6.07) is 5.12. The average Bonchev–Trinajstić information content (AvgIpc) is 3.23. The van der Waals surface area contributed by atoms with Gasteiger partial charge in [0.25, 0.3) is 0 Å². The maximum atomic E-state index is 10.9. The normalized spacial score (nSPS) is 34.1. The van der Waals surface area contributed by atoms with Crippen LogP contribution in [-0.4, -0.2) is 47.7 Å². The predicted octanol–water partition coefficient (Wildman–Crippen LogP) is 0.910. The molecule has 2 saturated heterocycles. The summed E-state index contributed by atoms with van der Waals surface area (Å²) in [6.07, 6.45) is -1.82. The average molecular weight is 294 g/mol. The topological polar surface area (TPSA) is 88.5 Å². The number of fused-ring (bicyclic) bond motifs is 1. The van der Waals surface area contributed by atoms with E-state index in [1.807, 2.05) is 6.92 Å². The molecule has 0 aliphatic carbocycles. The lowest BCUT2D eigenvalue weighted by Crippen LogP contribution is -2.38. The van der Waals surface area contributed by atoms with Gasteiger partial charge < -0.3 is 24.4 Å². The van der Waals surface area contributed by atoms with Gasteiger partial charge in [-0.05, 0) is 24.6 Å². The monoisotopic (exact) mass is 294 g/mol. The minimum Gasteiger partial charge on any atom is -0.496 e. The van der Waals surface area contributed by atoms with Crippen molar-refractivity contribution in [1.29, 1.82) is 0 Å². The van der Waals surface area contributed by atoms with Gasteiger partial charge in [0.2, 0.25) is 0 Å². The molecule has 0 radical (unpaired) electrons. The molecule has 6 heteroatoms.